The Labute approximate surface area is 117 Å². The lowest BCUT2D eigenvalue weighted by molar-refractivity contribution is 0.454. The molecule has 108 valence electrons. The number of hydrogen-bond donors (Lipinski definition) is 1. The highest BCUT2D eigenvalue weighted by atomic mass is 15.3. The van der Waals surface area contributed by atoms with Gasteiger partial charge in [-0.15, -0.1) is 0 Å². The number of aromatic nitrogens is 2. The highest BCUT2D eigenvalue weighted by Gasteiger charge is 2.21. The van der Waals surface area contributed by atoms with Crippen molar-refractivity contribution in [2.45, 2.75) is 65.8 Å². The summed E-state index contributed by atoms with van der Waals surface area (Å²) in [7, 11) is 0. The molecule has 0 radical (unpaired) electrons. The summed E-state index contributed by atoms with van der Waals surface area (Å²) in [6, 6.07) is 0.663. The maximum absolute atomic E-state index is 4.79. The third-order valence-corrected chi connectivity index (χ3v) is 4.25. The van der Waals surface area contributed by atoms with Gasteiger partial charge in [0, 0.05) is 5.69 Å². The van der Waals surface area contributed by atoms with Gasteiger partial charge in [0.2, 0.25) is 0 Å². The number of rotatable bonds is 6. The second kappa shape index (κ2) is 6.56. The van der Waals surface area contributed by atoms with Crippen molar-refractivity contribution < 1.29 is 0 Å². The summed E-state index contributed by atoms with van der Waals surface area (Å²) < 4.78 is 2.31. The Balaban J connectivity index is 1.96. The van der Waals surface area contributed by atoms with E-state index >= 15 is 0 Å². The predicted octanol–water partition coefficient (Wildman–Crippen LogP) is 3.40. The predicted molar refractivity (Wildman–Crippen MR) is 80.6 cm³/mol. The van der Waals surface area contributed by atoms with Crippen LogP contribution in [-0.4, -0.2) is 22.9 Å². The van der Waals surface area contributed by atoms with Crippen LogP contribution in [0.25, 0.3) is 0 Å². The zero-order chi connectivity index (χ0) is 13.8. The summed E-state index contributed by atoms with van der Waals surface area (Å²) >= 11 is 0. The van der Waals surface area contributed by atoms with Crippen LogP contribution in [-0.2, 0) is 6.42 Å². The van der Waals surface area contributed by atoms with Crippen molar-refractivity contribution in [3.05, 3.63) is 17.0 Å². The van der Waals surface area contributed by atoms with E-state index in [0.717, 1.165) is 25.4 Å². The van der Waals surface area contributed by atoms with Gasteiger partial charge in [-0.25, -0.2) is 0 Å². The first-order valence-electron chi connectivity index (χ1n) is 7.85. The van der Waals surface area contributed by atoms with Gasteiger partial charge in [-0.1, -0.05) is 26.7 Å². The number of aryl methyl sites for hydroxylation is 1. The lowest BCUT2D eigenvalue weighted by Gasteiger charge is -2.13. The standard InChI is InChI=1S/C16H29N3/c1-12(2)11-17-10-9-16-13(3)18-19(14(16)4)15-7-5-6-8-15/h12,15,17H,5-11H2,1-4H3. The van der Waals surface area contributed by atoms with E-state index < -0.39 is 0 Å². The molecule has 1 aromatic rings. The zero-order valence-corrected chi connectivity index (χ0v) is 13.0. The van der Waals surface area contributed by atoms with Crippen LogP contribution in [0.5, 0.6) is 0 Å². The first-order valence-corrected chi connectivity index (χ1v) is 7.85. The van der Waals surface area contributed by atoms with Crippen LogP contribution in [0.3, 0.4) is 0 Å². The van der Waals surface area contributed by atoms with E-state index in [1.54, 1.807) is 0 Å². The van der Waals surface area contributed by atoms with E-state index in [1.165, 1.54) is 42.6 Å². The molecule has 2 rings (SSSR count). The molecule has 3 heteroatoms. The first-order chi connectivity index (χ1) is 9.09. The molecule has 0 spiro atoms. The Morgan fingerprint density at radius 1 is 1.26 bits per heavy atom. The molecule has 0 aromatic carbocycles. The second-order valence-corrected chi connectivity index (χ2v) is 6.38. The molecule has 0 atom stereocenters. The summed E-state index contributed by atoms with van der Waals surface area (Å²) in [5, 5.41) is 8.32. The van der Waals surface area contributed by atoms with Gasteiger partial charge in [0.1, 0.15) is 0 Å². The zero-order valence-electron chi connectivity index (χ0n) is 13.0. The van der Waals surface area contributed by atoms with Crippen molar-refractivity contribution in [2.24, 2.45) is 5.92 Å². The number of nitrogens with zero attached hydrogens (tertiary/aromatic N) is 2. The van der Waals surface area contributed by atoms with Crippen LogP contribution < -0.4 is 5.32 Å². The number of nitrogens with one attached hydrogen (secondary N) is 1. The summed E-state index contributed by atoms with van der Waals surface area (Å²) in [4.78, 5) is 0. The summed E-state index contributed by atoms with van der Waals surface area (Å²) in [5.74, 6) is 0.725. The van der Waals surface area contributed by atoms with Gasteiger partial charge < -0.3 is 5.32 Å². The van der Waals surface area contributed by atoms with Gasteiger partial charge in [-0.2, -0.15) is 5.10 Å². The molecule has 0 amide bonds. The minimum absolute atomic E-state index is 0.663. The van der Waals surface area contributed by atoms with Crippen LogP contribution in [0.1, 0.15) is 62.5 Å². The van der Waals surface area contributed by atoms with Crippen LogP contribution in [0.4, 0.5) is 0 Å². The Bertz CT molecular complexity index is 400. The van der Waals surface area contributed by atoms with E-state index in [-0.39, 0.29) is 0 Å². The summed E-state index contributed by atoms with van der Waals surface area (Å²) in [5.41, 5.74) is 4.09. The van der Waals surface area contributed by atoms with Crippen molar-refractivity contribution in [2.75, 3.05) is 13.1 Å². The third kappa shape index (κ3) is 3.59. The maximum Gasteiger partial charge on any atom is 0.0629 e. The fourth-order valence-corrected chi connectivity index (χ4v) is 3.17. The van der Waals surface area contributed by atoms with Gasteiger partial charge in [-0.3, -0.25) is 4.68 Å². The molecule has 19 heavy (non-hydrogen) atoms. The third-order valence-electron chi connectivity index (χ3n) is 4.25. The molecule has 0 aliphatic heterocycles. The van der Waals surface area contributed by atoms with E-state index in [1.807, 2.05) is 0 Å². The molecule has 1 fully saturated rings. The van der Waals surface area contributed by atoms with Gasteiger partial charge in [0.25, 0.3) is 0 Å². The minimum atomic E-state index is 0.663. The quantitative estimate of drug-likeness (QED) is 0.797. The van der Waals surface area contributed by atoms with E-state index in [4.69, 9.17) is 5.10 Å². The summed E-state index contributed by atoms with van der Waals surface area (Å²) in [6.07, 6.45) is 6.47. The Kier molecular flexibility index (Phi) is 5.03. The van der Waals surface area contributed by atoms with Crippen molar-refractivity contribution in [3.63, 3.8) is 0 Å². The lowest BCUT2D eigenvalue weighted by atomic mass is 10.1. The molecular formula is C16H29N3. The number of hydrogen-bond acceptors (Lipinski definition) is 2. The smallest absolute Gasteiger partial charge is 0.0629 e. The molecule has 1 aliphatic carbocycles. The highest BCUT2D eigenvalue weighted by Crippen LogP contribution is 2.31. The van der Waals surface area contributed by atoms with Gasteiger partial charge in [-0.05, 0) is 57.7 Å². The molecule has 1 saturated carbocycles. The molecular weight excluding hydrogens is 234 g/mol. The fraction of sp³-hybridized carbons (Fsp3) is 0.812. The summed E-state index contributed by atoms with van der Waals surface area (Å²) in [6.45, 7) is 11.1. The average molecular weight is 263 g/mol. The molecule has 1 aliphatic rings. The molecule has 0 unspecified atom stereocenters. The SMILES string of the molecule is Cc1nn(C2CCCC2)c(C)c1CCNCC(C)C. The highest BCUT2D eigenvalue weighted by molar-refractivity contribution is 5.25. The first kappa shape index (κ1) is 14.6. The van der Waals surface area contributed by atoms with Gasteiger partial charge >= 0.3 is 0 Å². The van der Waals surface area contributed by atoms with Gasteiger partial charge in [0.05, 0.1) is 11.7 Å². The molecule has 1 aromatic heterocycles. The Morgan fingerprint density at radius 3 is 2.58 bits per heavy atom. The average Bonchev–Trinajstić information content (AvgIpc) is 2.95. The molecule has 3 nitrogen and oxygen atoms in total. The van der Waals surface area contributed by atoms with Crippen LogP contribution in [0, 0.1) is 19.8 Å². The van der Waals surface area contributed by atoms with Crippen molar-refractivity contribution in [3.8, 4) is 0 Å². The van der Waals surface area contributed by atoms with Crippen LogP contribution in [0.2, 0.25) is 0 Å². The van der Waals surface area contributed by atoms with Crippen molar-refractivity contribution in [1.82, 2.24) is 15.1 Å². The fourth-order valence-electron chi connectivity index (χ4n) is 3.17. The second-order valence-electron chi connectivity index (χ2n) is 6.38. The van der Waals surface area contributed by atoms with E-state index in [9.17, 15) is 0 Å². The molecule has 1 heterocycles. The minimum Gasteiger partial charge on any atom is -0.316 e. The monoisotopic (exact) mass is 263 g/mol. The van der Waals surface area contributed by atoms with Crippen LogP contribution in [0.15, 0.2) is 0 Å². The van der Waals surface area contributed by atoms with Crippen molar-refractivity contribution >= 4 is 0 Å². The maximum atomic E-state index is 4.79. The largest absolute Gasteiger partial charge is 0.316 e. The molecule has 1 N–H and O–H groups in total. The van der Waals surface area contributed by atoms with Crippen molar-refractivity contribution in [1.29, 1.82) is 0 Å². The molecule has 0 saturated heterocycles. The Morgan fingerprint density at radius 2 is 1.95 bits per heavy atom. The van der Waals surface area contributed by atoms with Gasteiger partial charge in [0.15, 0.2) is 0 Å². The molecule has 0 bridgehead atoms. The van der Waals surface area contributed by atoms with Crippen LogP contribution >= 0.6 is 0 Å². The van der Waals surface area contributed by atoms with E-state index in [2.05, 4.69) is 37.7 Å². The van der Waals surface area contributed by atoms with E-state index in [0.29, 0.717) is 6.04 Å². The lowest BCUT2D eigenvalue weighted by Crippen LogP contribution is -2.22. The normalized spacial score (nSPS) is 16.7. The topological polar surface area (TPSA) is 29.9 Å². The Hall–Kier alpha value is -0.830.